The highest BCUT2D eigenvalue weighted by Crippen LogP contribution is 2.49. The average Bonchev–Trinajstić information content (AvgIpc) is 3.26. The van der Waals surface area contributed by atoms with E-state index in [0.29, 0.717) is 35.5 Å². The first kappa shape index (κ1) is 34.9. The lowest BCUT2D eigenvalue weighted by Crippen LogP contribution is -2.27. The van der Waals surface area contributed by atoms with Crippen LogP contribution in [0.15, 0.2) is 149 Å². The summed E-state index contributed by atoms with van der Waals surface area (Å²) in [5.74, 6) is 3.96. The van der Waals surface area contributed by atoms with Crippen LogP contribution in [0.25, 0.3) is 5.57 Å². The fraction of sp³-hybridized carbons (Fsp3) is 0.392. The van der Waals surface area contributed by atoms with E-state index in [9.17, 15) is 5.26 Å². The molecule has 9 rings (SSSR count). The second-order valence-corrected chi connectivity index (χ2v) is 16.5. The smallest absolute Gasteiger partial charge is 0.155 e. The zero-order valence-electron chi connectivity index (χ0n) is 31.6. The summed E-state index contributed by atoms with van der Waals surface area (Å²) in [4.78, 5) is 11.0. The summed E-state index contributed by atoms with van der Waals surface area (Å²) in [6, 6.07) is 2.35. The summed E-state index contributed by atoms with van der Waals surface area (Å²) in [6.45, 7) is 0. The van der Waals surface area contributed by atoms with Crippen molar-refractivity contribution in [1.82, 2.24) is 9.97 Å². The van der Waals surface area contributed by atoms with Crippen molar-refractivity contribution in [1.29, 1.82) is 5.26 Å². The van der Waals surface area contributed by atoms with Gasteiger partial charge in [0.1, 0.15) is 0 Å². The Morgan fingerprint density at radius 3 is 2.24 bits per heavy atom. The van der Waals surface area contributed by atoms with Crippen molar-refractivity contribution >= 4 is 5.57 Å². The molecule has 8 aliphatic carbocycles. The lowest BCUT2D eigenvalue weighted by Gasteiger charge is -2.39. The van der Waals surface area contributed by atoms with Crippen molar-refractivity contribution in [3.8, 4) is 6.07 Å². The standard InChI is InChI=1S/C51H53N3/c52-34-35-20-22-36(23-21-35)37-24-28-41(29-25-37)47-45-19-11-10-12-38(45)32-33-46(47)39-26-30-43(31-27-39)50-48(40-13-4-1-5-14-40)49(42-15-6-2-7-16-42)53-51(54-50)44-17-8-3-9-18-44/h1-6,8,10-13,17,19-20,22,24,26-28,30,37-38,40-43,45H,7,9,14-16,18,21,23,25,29,31-33H2. The molecule has 0 N–H and O–H groups in total. The van der Waals surface area contributed by atoms with Crippen LogP contribution < -0.4 is 0 Å². The molecule has 0 radical (unpaired) electrons. The van der Waals surface area contributed by atoms with Crippen molar-refractivity contribution < 1.29 is 0 Å². The Labute approximate surface area is 322 Å². The molecule has 1 aromatic heterocycles. The molecule has 0 aromatic carbocycles. The van der Waals surface area contributed by atoms with Gasteiger partial charge in [-0.1, -0.05) is 127 Å². The Morgan fingerprint density at radius 1 is 0.611 bits per heavy atom. The van der Waals surface area contributed by atoms with Gasteiger partial charge in [-0.2, -0.15) is 5.26 Å². The normalized spacial score (nSPS) is 31.4. The van der Waals surface area contributed by atoms with E-state index in [-0.39, 0.29) is 5.92 Å². The maximum atomic E-state index is 9.35. The van der Waals surface area contributed by atoms with Crippen LogP contribution in [0.3, 0.4) is 0 Å². The SMILES string of the molecule is N#CC1=CC=C(C2C=CC(C3=C(C4=CCC(c5nc(C6=CC=CCC6)nc(C6CC=CCC6)c5C5C=CC=CC5)C=C4)CCC4C=CC=CC34)CC2)CC1. The van der Waals surface area contributed by atoms with E-state index in [1.807, 2.05) is 6.08 Å². The maximum absolute atomic E-state index is 9.35. The van der Waals surface area contributed by atoms with Crippen LogP contribution in [0.5, 0.6) is 0 Å². The molecule has 0 saturated carbocycles. The first-order valence-electron chi connectivity index (χ1n) is 20.9. The minimum absolute atomic E-state index is 0.232. The molecule has 54 heavy (non-hydrogen) atoms. The van der Waals surface area contributed by atoms with Crippen molar-refractivity contribution in [2.75, 3.05) is 0 Å². The zero-order chi connectivity index (χ0) is 36.3. The number of fused-ring (bicyclic) bond motifs is 1. The summed E-state index contributed by atoms with van der Waals surface area (Å²) < 4.78 is 0. The molecule has 0 bridgehead atoms. The molecule has 0 spiro atoms. The molecule has 1 aromatic rings. The van der Waals surface area contributed by atoms with E-state index in [4.69, 9.17) is 9.97 Å². The van der Waals surface area contributed by atoms with Crippen molar-refractivity contribution in [3.05, 3.63) is 172 Å². The molecule has 7 unspecified atom stereocenters. The predicted molar refractivity (Wildman–Crippen MR) is 222 cm³/mol. The highest BCUT2D eigenvalue weighted by Gasteiger charge is 2.36. The van der Waals surface area contributed by atoms with Gasteiger partial charge in [-0.05, 0) is 124 Å². The summed E-state index contributed by atoms with van der Waals surface area (Å²) in [6.07, 6.45) is 61.0. The number of nitriles is 1. The van der Waals surface area contributed by atoms with Crippen LogP contribution in [0.2, 0.25) is 0 Å². The average molecular weight is 708 g/mol. The minimum atomic E-state index is 0.232. The molecule has 1 heterocycles. The molecule has 3 heteroatoms. The lowest BCUT2D eigenvalue weighted by molar-refractivity contribution is 0.404. The summed E-state index contributed by atoms with van der Waals surface area (Å²) in [5.41, 5.74) is 12.3. The van der Waals surface area contributed by atoms with E-state index in [1.165, 1.54) is 52.9 Å². The van der Waals surface area contributed by atoms with Gasteiger partial charge < -0.3 is 0 Å². The van der Waals surface area contributed by atoms with E-state index in [0.717, 1.165) is 75.6 Å². The second kappa shape index (κ2) is 15.9. The number of rotatable bonds is 7. The quantitative estimate of drug-likeness (QED) is 0.265. The van der Waals surface area contributed by atoms with Crippen LogP contribution in [-0.2, 0) is 0 Å². The highest BCUT2D eigenvalue weighted by molar-refractivity contribution is 5.64. The minimum Gasteiger partial charge on any atom is -0.233 e. The molecule has 0 amide bonds. The van der Waals surface area contributed by atoms with Gasteiger partial charge in [-0.15, -0.1) is 0 Å². The summed E-state index contributed by atoms with van der Waals surface area (Å²) >= 11 is 0. The third kappa shape index (κ3) is 7.09. The van der Waals surface area contributed by atoms with Crippen LogP contribution in [0.1, 0.15) is 124 Å². The summed E-state index contributed by atoms with van der Waals surface area (Å²) in [5, 5.41) is 9.35. The van der Waals surface area contributed by atoms with E-state index in [1.54, 1.807) is 11.1 Å². The van der Waals surface area contributed by atoms with Crippen LogP contribution >= 0.6 is 0 Å². The molecule has 272 valence electrons. The van der Waals surface area contributed by atoms with Crippen LogP contribution in [0, 0.1) is 35.0 Å². The molecule has 3 nitrogen and oxygen atoms in total. The van der Waals surface area contributed by atoms with Crippen LogP contribution in [0.4, 0.5) is 0 Å². The van der Waals surface area contributed by atoms with Gasteiger partial charge >= 0.3 is 0 Å². The fourth-order valence-electron chi connectivity index (χ4n) is 10.4. The van der Waals surface area contributed by atoms with E-state index in [2.05, 4.69) is 122 Å². The lowest BCUT2D eigenvalue weighted by atomic mass is 9.65. The number of allylic oxidation sites excluding steroid dienone is 26. The largest absolute Gasteiger partial charge is 0.233 e. The number of hydrogen-bond acceptors (Lipinski definition) is 3. The molecule has 0 aliphatic heterocycles. The zero-order valence-corrected chi connectivity index (χ0v) is 31.6. The number of hydrogen-bond donors (Lipinski definition) is 0. The molecule has 0 fully saturated rings. The van der Waals surface area contributed by atoms with Gasteiger partial charge in [0.25, 0.3) is 0 Å². The molecule has 8 aliphatic rings. The molecule has 7 atom stereocenters. The Bertz CT molecular complexity index is 2110. The van der Waals surface area contributed by atoms with Gasteiger partial charge in [0, 0.05) is 34.8 Å². The van der Waals surface area contributed by atoms with Gasteiger partial charge in [0.05, 0.1) is 17.5 Å². The van der Waals surface area contributed by atoms with Crippen molar-refractivity contribution in [2.24, 2.45) is 23.7 Å². The Morgan fingerprint density at radius 2 is 1.50 bits per heavy atom. The van der Waals surface area contributed by atoms with Gasteiger partial charge in [0.15, 0.2) is 5.82 Å². The first-order valence-corrected chi connectivity index (χ1v) is 20.9. The predicted octanol–water partition coefficient (Wildman–Crippen LogP) is 12.8. The second-order valence-electron chi connectivity index (χ2n) is 16.5. The topological polar surface area (TPSA) is 49.6 Å². The van der Waals surface area contributed by atoms with E-state index >= 15 is 0 Å². The highest BCUT2D eigenvalue weighted by atomic mass is 14.9. The Balaban J connectivity index is 1.07. The van der Waals surface area contributed by atoms with Crippen LogP contribution in [-0.4, -0.2) is 9.97 Å². The van der Waals surface area contributed by atoms with Crippen molar-refractivity contribution in [2.45, 2.75) is 101 Å². The van der Waals surface area contributed by atoms with E-state index < -0.39 is 0 Å². The van der Waals surface area contributed by atoms with Gasteiger partial charge in [0.2, 0.25) is 0 Å². The Hall–Kier alpha value is -4.81. The third-order valence-electron chi connectivity index (χ3n) is 13.4. The third-order valence-corrected chi connectivity index (χ3v) is 13.4. The number of nitrogens with zero attached hydrogens (tertiary/aromatic N) is 3. The number of aromatic nitrogens is 2. The maximum Gasteiger partial charge on any atom is 0.155 e. The van der Waals surface area contributed by atoms with Crippen molar-refractivity contribution in [3.63, 3.8) is 0 Å². The summed E-state index contributed by atoms with van der Waals surface area (Å²) in [7, 11) is 0. The molecular weight excluding hydrogens is 655 g/mol. The van der Waals surface area contributed by atoms with Gasteiger partial charge in [-0.3, -0.25) is 0 Å². The molecular formula is C51H53N3. The first-order chi connectivity index (χ1) is 26.7. The monoisotopic (exact) mass is 707 g/mol. The van der Waals surface area contributed by atoms with Gasteiger partial charge in [-0.25, -0.2) is 9.97 Å². The fourth-order valence-corrected chi connectivity index (χ4v) is 10.4. The Kier molecular flexibility index (Phi) is 10.3. The molecule has 0 saturated heterocycles.